The third kappa shape index (κ3) is 5.54. The first-order chi connectivity index (χ1) is 11.1. The third-order valence-corrected chi connectivity index (χ3v) is 3.44. The molecule has 0 aromatic heterocycles. The molecule has 2 rings (SSSR count). The smallest absolute Gasteiger partial charge is 0.184 e. The number of nitrogens with zero attached hydrogens (tertiary/aromatic N) is 1. The van der Waals surface area contributed by atoms with Crippen LogP contribution in [0.5, 0.6) is 11.5 Å². The SMILES string of the molecule is COc1ccc(C=NNC(N)=S)cc1OCc1cccc(Br)c1. The van der Waals surface area contributed by atoms with Crippen LogP contribution in [0.3, 0.4) is 0 Å². The summed E-state index contributed by atoms with van der Waals surface area (Å²) >= 11 is 8.13. The van der Waals surface area contributed by atoms with Crippen LogP contribution in [0.25, 0.3) is 0 Å². The van der Waals surface area contributed by atoms with Crippen LogP contribution in [-0.2, 0) is 6.61 Å². The van der Waals surface area contributed by atoms with Gasteiger partial charge in [-0.2, -0.15) is 5.10 Å². The Morgan fingerprint density at radius 3 is 2.83 bits per heavy atom. The van der Waals surface area contributed by atoms with E-state index in [1.54, 1.807) is 13.3 Å². The van der Waals surface area contributed by atoms with Crippen molar-refractivity contribution >= 4 is 39.5 Å². The monoisotopic (exact) mass is 393 g/mol. The molecule has 2 aromatic rings. The molecular formula is C16H16BrN3O2S. The number of methoxy groups -OCH3 is 1. The molecule has 7 heteroatoms. The molecule has 0 aliphatic heterocycles. The fourth-order valence-electron chi connectivity index (χ4n) is 1.84. The molecule has 0 bridgehead atoms. The van der Waals surface area contributed by atoms with Crippen molar-refractivity contribution in [3.63, 3.8) is 0 Å². The molecular weight excluding hydrogens is 378 g/mol. The van der Waals surface area contributed by atoms with Crippen LogP contribution in [0.15, 0.2) is 52.0 Å². The maximum Gasteiger partial charge on any atom is 0.184 e. The van der Waals surface area contributed by atoms with Crippen LogP contribution in [0.4, 0.5) is 0 Å². The number of thiocarbonyl (C=S) groups is 1. The van der Waals surface area contributed by atoms with E-state index in [1.165, 1.54) is 0 Å². The molecule has 0 radical (unpaired) electrons. The molecule has 0 saturated heterocycles. The maximum atomic E-state index is 5.86. The van der Waals surface area contributed by atoms with E-state index in [0.717, 1.165) is 15.6 Å². The van der Waals surface area contributed by atoms with E-state index in [0.29, 0.717) is 18.1 Å². The lowest BCUT2D eigenvalue weighted by Gasteiger charge is -2.11. The number of hydrazone groups is 1. The zero-order valence-corrected chi connectivity index (χ0v) is 14.9. The van der Waals surface area contributed by atoms with Crippen LogP contribution >= 0.6 is 28.1 Å². The van der Waals surface area contributed by atoms with Crippen molar-refractivity contribution in [2.24, 2.45) is 10.8 Å². The minimum absolute atomic E-state index is 0.112. The van der Waals surface area contributed by atoms with E-state index in [4.69, 9.17) is 15.2 Å². The van der Waals surface area contributed by atoms with Gasteiger partial charge < -0.3 is 15.2 Å². The molecule has 0 aliphatic rings. The van der Waals surface area contributed by atoms with Gasteiger partial charge in [0.15, 0.2) is 16.6 Å². The maximum absolute atomic E-state index is 5.86. The summed E-state index contributed by atoms with van der Waals surface area (Å²) < 4.78 is 12.2. The second kappa shape index (κ2) is 8.50. The zero-order valence-electron chi connectivity index (χ0n) is 12.5. The molecule has 0 spiro atoms. The first kappa shape index (κ1) is 17.2. The fourth-order valence-corrected chi connectivity index (χ4v) is 2.34. The molecule has 5 nitrogen and oxygen atoms in total. The second-order valence-electron chi connectivity index (χ2n) is 4.56. The number of hydrogen-bond acceptors (Lipinski definition) is 4. The molecule has 2 aromatic carbocycles. The van der Waals surface area contributed by atoms with Gasteiger partial charge in [-0.1, -0.05) is 28.1 Å². The molecule has 120 valence electrons. The lowest BCUT2D eigenvalue weighted by Crippen LogP contribution is -2.23. The Labute approximate surface area is 148 Å². The highest BCUT2D eigenvalue weighted by Gasteiger charge is 2.06. The molecule has 0 aliphatic carbocycles. The molecule has 0 amide bonds. The van der Waals surface area contributed by atoms with Crippen LogP contribution < -0.4 is 20.6 Å². The zero-order chi connectivity index (χ0) is 16.7. The molecule has 0 unspecified atom stereocenters. The van der Waals surface area contributed by atoms with Gasteiger partial charge >= 0.3 is 0 Å². The summed E-state index contributed by atoms with van der Waals surface area (Å²) in [7, 11) is 1.60. The van der Waals surface area contributed by atoms with E-state index in [2.05, 4.69) is 38.7 Å². The number of ether oxygens (including phenoxy) is 2. The highest BCUT2D eigenvalue weighted by molar-refractivity contribution is 9.10. The van der Waals surface area contributed by atoms with Gasteiger partial charge in [-0.3, -0.25) is 5.43 Å². The first-order valence-electron chi connectivity index (χ1n) is 6.72. The van der Waals surface area contributed by atoms with Gasteiger partial charge in [-0.15, -0.1) is 0 Å². The Kier molecular flexibility index (Phi) is 6.37. The Bertz CT molecular complexity index is 722. The minimum Gasteiger partial charge on any atom is -0.493 e. The average Bonchev–Trinajstić information content (AvgIpc) is 2.53. The van der Waals surface area contributed by atoms with Crippen molar-refractivity contribution in [1.29, 1.82) is 0 Å². The first-order valence-corrected chi connectivity index (χ1v) is 7.92. The summed E-state index contributed by atoms with van der Waals surface area (Å²) in [6, 6.07) is 13.4. The summed E-state index contributed by atoms with van der Waals surface area (Å²) in [6.07, 6.45) is 1.60. The second-order valence-corrected chi connectivity index (χ2v) is 5.92. The van der Waals surface area contributed by atoms with Crippen LogP contribution in [0.2, 0.25) is 0 Å². The molecule has 0 atom stereocenters. The van der Waals surface area contributed by atoms with Crippen molar-refractivity contribution in [2.45, 2.75) is 6.61 Å². The van der Waals surface area contributed by atoms with Crippen molar-refractivity contribution < 1.29 is 9.47 Å². The lowest BCUT2D eigenvalue weighted by atomic mass is 10.2. The third-order valence-electron chi connectivity index (χ3n) is 2.86. The summed E-state index contributed by atoms with van der Waals surface area (Å²) in [4.78, 5) is 0. The van der Waals surface area contributed by atoms with Crippen LogP contribution in [-0.4, -0.2) is 18.4 Å². The topological polar surface area (TPSA) is 68.9 Å². The van der Waals surface area contributed by atoms with Crippen molar-refractivity contribution in [1.82, 2.24) is 5.43 Å². The van der Waals surface area contributed by atoms with Gasteiger partial charge in [0.1, 0.15) is 6.61 Å². The van der Waals surface area contributed by atoms with Crippen molar-refractivity contribution in [3.05, 3.63) is 58.1 Å². The van der Waals surface area contributed by atoms with E-state index >= 15 is 0 Å². The molecule has 0 saturated carbocycles. The van der Waals surface area contributed by atoms with Crippen molar-refractivity contribution in [2.75, 3.05) is 7.11 Å². The van der Waals surface area contributed by atoms with Crippen LogP contribution in [0, 0.1) is 0 Å². The van der Waals surface area contributed by atoms with Gasteiger partial charge in [0.2, 0.25) is 0 Å². The molecule has 23 heavy (non-hydrogen) atoms. The number of hydrogen-bond donors (Lipinski definition) is 2. The molecule has 0 fully saturated rings. The summed E-state index contributed by atoms with van der Waals surface area (Å²) in [5.41, 5.74) is 9.71. The normalized spacial score (nSPS) is 10.5. The Morgan fingerprint density at radius 1 is 1.30 bits per heavy atom. The largest absolute Gasteiger partial charge is 0.493 e. The molecule has 0 heterocycles. The predicted molar refractivity (Wildman–Crippen MR) is 99.0 cm³/mol. The number of benzene rings is 2. The number of halogens is 1. The Balaban J connectivity index is 2.12. The highest BCUT2D eigenvalue weighted by Crippen LogP contribution is 2.28. The van der Waals surface area contributed by atoms with Crippen LogP contribution in [0.1, 0.15) is 11.1 Å². The summed E-state index contributed by atoms with van der Waals surface area (Å²) in [6.45, 7) is 0.432. The van der Waals surface area contributed by atoms with Gasteiger partial charge in [0, 0.05) is 4.47 Å². The number of nitrogens with one attached hydrogen (secondary N) is 1. The number of rotatable bonds is 6. The van der Waals surface area contributed by atoms with E-state index in [-0.39, 0.29) is 5.11 Å². The minimum atomic E-state index is 0.112. The average molecular weight is 394 g/mol. The van der Waals surface area contributed by atoms with E-state index in [9.17, 15) is 0 Å². The van der Waals surface area contributed by atoms with E-state index in [1.807, 2.05) is 42.5 Å². The predicted octanol–water partition coefficient (Wildman–Crippen LogP) is 3.20. The summed E-state index contributed by atoms with van der Waals surface area (Å²) in [5, 5.41) is 4.04. The Hall–Kier alpha value is -2.12. The quantitative estimate of drug-likeness (QED) is 0.448. The fraction of sp³-hybridized carbons (Fsp3) is 0.125. The summed E-state index contributed by atoms with van der Waals surface area (Å²) in [5.74, 6) is 1.28. The van der Waals surface area contributed by atoms with Gasteiger partial charge in [0.25, 0.3) is 0 Å². The van der Waals surface area contributed by atoms with Gasteiger partial charge in [0.05, 0.1) is 13.3 Å². The number of nitrogens with two attached hydrogens (primary N) is 1. The highest BCUT2D eigenvalue weighted by atomic mass is 79.9. The Morgan fingerprint density at radius 2 is 2.13 bits per heavy atom. The van der Waals surface area contributed by atoms with E-state index < -0.39 is 0 Å². The van der Waals surface area contributed by atoms with Gasteiger partial charge in [-0.05, 0) is 53.7 Å². The lowest BCUT2D eigenvalue weighted by molar-refractivity contribution is 0.284. The van der Waals surface area contributed by atoms with Gasteiger partial charge in [-0.25, -0.2) is 0 Å². The molecule has 3 N–H and O–H groups in total. The van der Waals surface area contributed by atoms with Crippen molar-refractivity contribution in [3.8, 4) is 11.5 Å². The standard InChI is InChI=1S/C16H16BrN3O2S/c1-21-14-6-5-11(9-19-20-16(18)23)8-15(14)22-10-12-3-2-4-13(17)7-12/h2-9H,10H2,1H3,(H3,18,20,23).